The van der Waals surface area contributed by atoms with Gasteiger partial charge in [0.25, 0.3) is 0 Å². The molecule has 5 N–H and O–H groups in total. The van der Waals surface area contributed by atoms with Gasteiger partial charge in [-0.2, -0.15) is 9.97 Å². The number of aliphatic hydroxyl groups is 1. The molecule has 138 valence electrons. The standard InChI is InChI=1S/C18H25N7O/c1-11(2)14(9-26)22-18-23-16(15-17(24-18)25(3)10-21-15)20-8-12-6-4-5-7-13(12)19/h4-7,10-11,14,26H,8-9,19H2,1-3H3,(H2,20,22,23,24). The third-order valence-corrected chi connectivity index (χ3v) is 4.38. The van der Waals surface area contributed by atoms with Crippen molar-refractivity contribution < 1.29 is 5.11 Å². The van der Waals surface area contributed by atoms with Gasteiger partial charge in [-0.05, 0) is 17.5 Å². The van der Waals surface area contributed by atoms with Gasteiger partial charge in [-0.15, -0.1) is 0 Å². The summed E-state index contributed by atoms with van der Waals surface area (Å²) in [5.74, 6) is 1.32. The Morgan fingerprint density at radius 3 is 2.69 bits per heavy atom. The molecular weight excluding hydrogens is 330 g/mol. The lowest BCUT2D eigenvalue weighted by atomic mass is 10.1. The molecule has 0 amide bonds. The van der Waals surface area contributed by atoms with Crippen molar-refractivity contribution in [2.45, 2.75) is 26.4 Å². The maximum Gasteiger partial charge on any atom is 0.227 e. The summed E-state index contributed by atoms with van der Waals surface area (Å²) in [5.41, 5.74) is 9.14. The average molecular weight is 355 g/mol. The number of hydrogen-bond donors (Lipinski definition) is 4. The van der Waals surface area contributed by atoms with Gasteiger partial charge in [0.05, 0.1) is 19.0 Å². The van der Waals surface area contributed by atoms with E-state index in [1.54, 1.807) is 6.33 Å². The molecule has 3 rings (SSSR count). The van der Waals surface area contributed by atoms with Crippen LogP contribution in [-0.2, 0) is 13.6 Å². The molecule has 0 aliphatic rings. The molecule has 0 fully saturated rings. The number of nitrogens with two attached hydrogens (primary N) is 1. The van der Waals surface area contributed by atoms with Crippen LogP contribution in [0.1, 0.15) is 19.4 Å². The highest BCUT2D eigenvalue weighted by Crippen LogP contribution is 2.22. The summed E-state index contributed by atoms with van der Waals surface area (Å²) < 4.78 is 1.84. The van der Waals surface area contributed by atoms with Crippen molar-refractivity contribution in [1.29, 1.82) is 0 Å². The zero-order valence-corrected chi connectivity index (χ0v) is 15.3. The summed E-state index contributed by atoms with van der Waals surface area (Å²) in [7, 11) is 1.89. The maximum atomic E-state index is 9.57. The number of nitrogens with zero attached hydrogens (tertiary/aromatic N) is 4. The van der Waals surface area contributed by atoms with Crippen molar-refractivity contribution in [1.82, 2.24) is 19.5 Å². The van der Waals surface area contributed by atoms with Crippen LogP contribution < -0.4 is 16.4 Å². The first-order valence-corrected chi connectivity index (χ1v) is 8.63. The van der Waals surface area contributed by atoms with Crippen LogP contribution in [0.2, 0.25) is 0 Å². The lowest BCUT2D eigenvalue weighted by molar-refractivity contribution is 0.248. The average Bonchev–Trinajstić information content (AvgIpc) is 3.00. The minimum atomic E-state index is -0.127. The van der Waals surface area contributed by atoms with Crippen LogP contribution in [0.3, 0.4) is 0 Å². The fourth-order valence-corrected chi connectivity index (χ4v) is 2.66. The number of aliphatic hydroxyl groups excluding tert-OH is 1. The molecule has 0 spiro atoms. The normalized spacial score (nSPS) is 12.5. The molecule has 8 heteroatoms. The monoisotopic (exact) mass is 355 g/mol. The molecule has 0 radical (unpaired) electrons. The van der Waals surface area contributed by atoms with Crippen molar-refractivity contribution in [3.8, 4) is 0 Å². The van der Waals surface area contributed by atoms with Gasteiger partial charge < -0.3 is 26.0 Å². The smallest absolute Gasteiger partial charge is 0.227 e. The lowest BCUT2D eigenvalue weighted by Gasteiger charge is -2.20. The Kier molecular flexibility index (Phi) is 5.22. The number of aromatic nitrogens is 4. The molecule has 1 atom stereocenters. The van der Waals surface area contributed by atoms with E-state index in [1.807, 2.05) is 49.7 Å². The zero-order chi connectivity index (χ0) is 18.7. The van der Waals surface area contributed by atoms with E-state index in [9.17, 15) is 5.11 Å². The molecule has 1 aromatic carbocycles. The largest absolute Gasteiger partial charge is 0.398 e. The first-order chi connectivity index (χ1) is 12.5. The summed E-state index contributed by atoms with van der Waals surface area (Å²) in [6.45, 7) is 4.61. The number of hydrogen-bond acceptors (Lipinski definition) is 7. The van der Waals surface area contributed by atoms with Crippen molar-refractivity contribution >= 4 is 28.6 Å². The van der Waals surface area contributed by atoms with Crippen LogP contribution >= 0.6 is 0 Å². The van der Waals surface area contributed by atoms with Gasteiger partial charge in [-0.3, -0.25) is 0 Å². The molecule has 8 nitrogen and oxygen atoms in total. The Morgan fingerprint density at radius 1 is 1.23 bits per heavy atom. The first kappa shape index (κ1) is 17.9. The third kappa shape index (κ3) is 3.70. The fourth-order valence-electron chi connectivity index (χ4n) is 2.66. The van der Waals surface area contributed by atoms with Gasteiger partial charge in [0.15, 0.2) is 17.0 Å². The second-order valence-electron chi connectivity index (χ2n) is 6.65. The molecule has 1 unspecified atom stereocenters. The van der Waals surface area contributed by atoms with Gasteiger partial charge in [-0.1, -0.05) is 32.0 Å². The summed E-state index contributed by atoms with van der Waals surface area (Å²) in [5, 5.41) is 16.1. The summed E-state index contributed by atoms with van der Waals surface area (Å²) >= 11 is 0. The SMILES string of the molecule is CC(C)C(CO)Nc1nc(NCc2ccccc2N)c2ncn(C)c2n1. The van der Waals surface area contributed by atoms with Gasteiger partial charge in [-0.25, -0.2) is 4.98 Å². The number of benzene rings is 1. The molecule has 2 heterocycles. The minimum Gasteiger partial charge on any atom is -0.398 e. The molecular formula is C18H25N7O. The summed E-state index contributed by atoms with van der Waals surface area (Å²) in [6, 6.07) is 7.57. The highest BCUT2D eigenvalue weighted by molar-refractivity contribution is 5.84. The van der Waals surface area contributed by atoms with E-state index in [2.05, 4.69) is 25.6 Å². The number of nitrogens with one attached hydrogen (secondary N) is 2. The van der Waals surface area contributed by atoms with Gasteiger partial charge in [0.2, 0.25) is 5.95 Å². The Morgan fingerprint density at radius 2 is 2.00 bits per heavy atom. The van der Waals surface area contributed by atoms with Crippen molar-refractivity contribution in [3.05, 3.63) is 36.2 Å². The molecule has 0 aliphatic carbocycles. The van der Waals surface area contributed by atoms with Crippen molar-refractivity contribution in [2.24, 2.45) is 13.0 Å². The van der Waals surface area contributed by atoms with Crippen LogP contribution in [0.5, 0.6) is 0 Å². The van der Waals surface area contributed by atoms with Crippen LogP contribution in [0.4, 0.5) is 17.5 Å². The highest BCUT2D eigenvalue weighted by atomic mass is 16.3. The van der Waals surface area contributed by atoms with Gasteiger partial charge >= 0.3 is 0 Å². The predicted molar refractivity (Wildman–Crippen MR) is 104 cm³/mol. The number of aryl methyl sites for hydroxylation is 1. The summed E-state index contributed by atoms with van der Waals surface area (Å²) in [6.07, 6.45) is 1.71. The Bertz CT molecular complexity index is 890. The molecule has 3 aromatic rings. The zero-order valence-electron chi connectivity index (χ0n) is 15.3. The summed E-state index contributed by atoms with van der Waals surface area (Å²) in [4.78, 5) is 13.5. The Hall–Kier alpha value is -2.87. The highest BCUT2D eigenvalue weighted by Gasteiger charge is 2.17. The number of imidazole rings is 1. The number of para-hydroxylation sites is 1. The second-order valence-corrected chi connectivity index (χ2v) is 6.65. The number of rotatable bonds is 7. The lowest BCUT2D eigenvalue weighted by Crippen LogP contribution is -2.30. The van der Waals surface area contributed by atoms with Crippen LogP contribution in [0.15, 0.2) is 30.6 Å². The van der Waals surface area contributed by atoms with E-state index in [0.29, 0.717) is 29.5 Å². The van der Waals surface area contributed by atoms with Crippen LogP contribution in [0.25, 0.3) is 11.2 Å². The number of fused-ring (bicyclic) bond motifs is 1. The van der Waals surface area contributed by atoms with E-state index in [0.717, 1.165) is 11.3 Å². The van der Waals surface area contributed by atoms with Gasteiger partial charge in [0, 0.05) is 19.3 Å². The predicted octanol–water partition coefficient (Wildman–Crippen LogP) is 1.99. The van der Waals surface area contributed by atoms with Crippen molar-refractivity contribution in [3.63, 3.8) is 0 Å². The fraction of sp³-hybridized carbons (Fsp3) is 0.389. The van der Waals surface area contributed by atoms with E-state index in [-0.39, 0.29) is 18.6 Å². The van der Waals surface area contributed by atoms with Crippen LogP contribution in [0, 0.1) is 5.92 Å². The molecule has 0 bridgehead atoms. The Balaban J connectivity index is 1.91. The van der Waals surface area contributed by atoms with E-state index in [4.69, 9.17) is 5.73 Å². The molecule has 2 aromatic heterocycles. The van der Waals surface area contributed by atoms with E-state index >= 15 is 0 Å². The second kappa shape index (κ2) is 7.57. The maximum absolute atomic E-state index is 9.57. The van der Waals surface area contributed by atoms with Crippen molar-refractivity contribution in [2.75, 3.05) is 23.0 Å². The third-order valence-electron chi connectivity index (χ3n) is 4.38. The Labute approximate surface area is 152 Å². The molecule has 26 heavy (non-hydrogen) atoms. The van der Waals surface area contributed by atoms with Crippen LogP contribution in [-0.4, -0.2) is 37.3 Å². The first-order valence-electron chi connectivity index (χ1n) is 8.63. The topological polar surface area (TPSA) is 114 Å². The van der Waals surface area contributed by atoms with Gasteiger partial charge in [0.1, 0.15) is 0 Å². The quantitative estimate of drug-likeness (QED) is 0.479. The molecule has 0 saturated carbocycles. The number of nitrogen functional groups attached to an aromatic ring is 1. The van der Waals surface area contributed by atoms with E-state index < -0.39 is 0 Å². The minimum absolute atomic E-state index is 0.00770. The molecule has 0 saturated heterocycles. The number of anilines is 3. The van der Waals surface area contributed by atoms with E-state index in [1.165, 1.54) is 0 Å². The molecule has 0 aliphatic heterocycles.